The van der Waals surface area contributed by atoms with Crippen molar-refractivity contribution < 1.29 is 31.9 Å². The van der Waals surface area contributed by atoms with Gasteiger partial charge in [0.25, 0.3) is 5.91 Å². The van der Waals surface area contributed by atoms with Gasteiger partial charge < -0.3 is 10.8 Å². The van der Waals surface area contributed by atoms with Gasteiger partial charge in [0, 0.05) is 5.56 Å². The molecule has 2 aromatic carbocycles. The third-order valence-electron chi connectivity index (χ3n) is 4.42. The Labute approximate surface area is 175 Å². The molecule has 3 rings (SSSR count). The van der Waals surface area contributed by atoms with Crippen molar-refractivity contribution in [2.45, 2.75) is 44.4 Å². The summed E-state index contributed by atoms with van der Waals surface area (Å²) in [5.74, 6) is -3.74. The Bertz CT molecular complexity index is 925. The van der Waals surface area contributed by atoms with Crippen LogP contribution in [0, 0.1) is 11.6 Å². The van der Waals surface area contributed by atoms with Crippen molar-refractivity contribution in [1.82, 2.24) is 5.32 Å². The van der Waals surface area contributed by atoms with Crippen LogP contribution in [0.15, 0.2) is 47.5 Å². The summed E-state index contributed by atoms with van der Waals surface area (Å²) in [6.45, 7) is 0. The molecule has 0 saturated heterocycles. The summed E-state index contributed by atoms with van der Waals surface area (Å²) < 4.78 is 63.6. The van der Waals surface area contributed by atoms with Crippen LogP contribution in [0.25, 0.3) is 0 Å². The molecule has 0 bridgehead atoms. The van der Waals surface area contributed by atoms with Gasteiger partial charge >= 0.3 is 6.18 Å². The molecule has 2 aromatic rings. The van der Waals surface area contributed by atoms with Gasteiger partial charge in [-0.25, -0.2) is 13.8 Å². The number of guanidine groups is 1. The van der Waals surface area contributed by atoms with E-state index in [9.17, 15) is 26.7 Å². The van der Waals surface area contributed by atoms with E-state index in [1.54, 1.807) is 0 Å². The first-order valence-electron chi connectivity index (χ1n) is 9.52. The lowest BCUT2D eigenvalue weighted by Crippen LogP contribution is -2.36. The highest BCUT2D eigenvalue weighted by molar-refractivity contribution is 6.05. The van der Waals surface area contributed by atoms with Crippen LogP contribution in [0.4, 0.5) is 27.6 Å². The van der Waals surface area contributed by atoms with Crippen molar-refractivity contribution in [3.05, 3.63) is 65.2 Å². The zero-order valence-electron chi connectivity index (χ0n) is 16.4. The first kappa shape index (κ1) is 24.3. The number of aliphatic imine (C=N–C) groups is 1. The molecule has 0 heterocycles. The highest BCUT2D eigenvalue weighted by Gasteiger charge is 2.30. The third-order valence-corrected chi connectivity index (χ3v) is 4.42. The Balaban J connectivity index is 0.000000412. The lowest BCUT2D eigenvalue weighted by Gasteiger charge is -2.14. The van der Waals surface area contributed by atoms with E-state index in [1.807, 2.05) is 0 Å². The summed E-state index contributed by atoms with van der Waals surface area (Å²) in [5, 5.41) is 11.0. The lowest BCUT2D eigenvalue weighted by molar-refractivity contribution is -0.137. The van der Waals surface area contributed by atoms with Crippen LogP contribution in [-0.2, 0) is 6.18 Å². The number of hydrogen-bond donors (Lipinski definition) is 3. The molecule has 1 aliphatic carbocycles. The van der Waals surface area contributed by atoms with Crippen LogP contribution in [-0.4, -0.2) is 23.1 Å². The van der Waals surface area contributed by atoms with Crippen LogP contribution < -0.4 is 11.1 Å². The first-order valence-corrected chi connectivity index (χ1v) is 9.52. The van der Waals surface area contributed by atoms with Gasteiger partial charge in [-0.1, -0.05) is 25.3 Å². The molecule has 4 N–H and O–H groups in total. The summed E-state index contributed by atoms with van der Waals surface area (Å²) in [6, 6.07) is 6.42. The Hall–Kier alpha value is -3.01. The first-order chi connectivity index (χ1) is 14.6. The van der Waals surface area contributed by atoms with E-state index in [4.69, 9.17) is 10.8 Å². The van der Waals surface area contributed by atoms with Crippen LogP contribution in [0.5, 0.6) is 0 Å². The Kier molecular flexibility index (Phi) is 8.49. The normalized spacial score (nSPS) is 15.1. The molecule has 0 aliphatic heterocycles. The number of alkyl halides is 3. The van der Waals surface area contributed by atoms with E-state index >= 15 is 0 Å². The van der Waals surface area contributed by atoms with E-state index in [-0.39, 0.29) is 17.4 Å². The van der Waals surface area contributed by atoms with Crippen molar-refractivity contribution in [3.8, 4) is 0 Å². The maximum Gasteiger partial charge on any atom is 0.416 e. The average Bonchev–Trinajstić information content (AvgIpc) is 2.70. The molecule has 168 valence electrons. The summed E-state index contributed by atoms with van der Waals surface area (Å²) in [6.07, 6.45) is 1.38. The van der Waals surface area contributed by atoms with Crippen molar-refractivity contribution >= 4 is 17.6 Å². The average molecular weight is 443 g/mol. The monoisotopic (exact) mass is 443 g/mol. The fourth-order valence-electron chi connectivity index (χ4n) is 2.83. The van der Waals surface area contributed by atoms with Gasteiger partial charge in [-0.2, -0.15) is 13.2 Å². The molecular weight excluding hydrogens is 421 g/mol. The molecule has 0 unspecified atom stereocenters. The van der Waals surface area contributed by atoms with Gasteiger partial charge in [-0.3, -0.25) is 10.1 Å². The van der Waals surface area contributed by atoms with Crippen LogP contribution >= 0.6 is 0 Å². The number of benzene rings is 2. The van der Waals surface area contributed by atoms with E-state index in [2.05, 4.69) is 10.3 Å². The minimum Gasteiger partial charge on any atom is -0.393 e. The maximum atomic E-state index is 13.1. The van der Waals surface area contributed by atoms with Crippen molar-refractivity contribution in [1.29, 1.82) is 0 Å². The quantitative estimate of drug-likeness (QED) is 0.358. The number of nitrogens with zero attached hydrogens (tertiary/aromatic N) is 1. The Morgan fingerprint density at radius 2 is 1.71 bits per heavy atom. The second-order valence-corrected chi connectivity index (χ2v) is 6.92. The molecule has 1 saturated carbocycles. The van der Waals surface area contributed by atoms with Gasteiger partial charge in [0.1, 0.15) is 0 Å². The second-order valence-electron chi connectivity index (χ2n) is 6.92. The summed E-state index contributed by atoms with van der Waals surface area (Å²) >= 11 is 0. The summed E-state index contributed by atoms with van der Waals surface area (Å²) in [4.78, 5) is 15.4. The van der Waals surface area contributed by atoms with Gasteiger partial charge in [-0.15, -0.1) is 0 Å². The van der Waals surface area contributed by atoms with Crippen LogP contribution in [0.2, 0.25) is 0 Å². The van der Waals surface area contributed by atoms with Gasteiger partial charge in [0.2, 0.25) is 5.96 Å². The zero-order chi connectivity index (χ0) is 23.0. The number of amides is 1. The molecule has 0 atom stereocenters. The van der Waals surface area contributed by atoms with Crippen molar-refractivity contribution in [2.24, 2.45) is 10.7 Å². The fourth-order valence-corrected chi connectivity index (χ4v) is 2.83. The van der Waals surface area contributed by atoms with E-state index in [0.29, 0.717) is 6.07 Å². The van der Waals surface area contributed by atoms with Crippen LogP contribution in [0.3, 0.4) is 0 Å². The Morgan fingerprint density at radius 3 is 2.26 bits per heavy atom. The number of carbonyl (C=O) groups is 1. The minimum absolute atomic E-state index is 0.0359. The second kappa shape index (κ2) is 10.9. The largest absolute Gasteiger partial charge is 0.416 e. The molecule has 1 aliphatic rings. The molecule has 0 spiro atoms. The van der Waals surface area contributed by atoms with E-state index in [1.165, 1.54) is 25.3 Å². The highest BCUT2D eigenvalue weighted by Crippen LogP contribution is 2.31. The topological polar surface area (TPSA) is 87.7 Å². The summed E-state index contributed by atoms with van der Waals surface area (Å²) in [7, 11) is 0. The van der Waals surface area contributed by atoms with Gasteiger partial charge in [-0.05, 0) is 49.2 Å². The third kappa shape index (κ3) is 7.97. The Morgan fingerprint density at radius 1 is 1.03 bits per heavy atom. The van der Waals surface area contributed by atoms with E-state index in [0.717, 1.165) is 43.2 Å². The van der Waals surface area contributed by atoms with Crippen molar-refractivity contribution in [2.75, 3.05) is 0 Å². The van der Waals surface area contributed by atoms with Crippen LogP contribution in [0.1, 0.15) is 48.0 Å². The number of nitrogens with one attached hydrogen (secondary N) is 1. The molecule has 31 heavy (non-hydrogen) atoms. The number of carbonyl (C=O) groups excluding carboxylic acids is 1. The number of aliphatic hydroxyl groups is 1. The number of rotatable bonds is 2. The lowest BCUT2D eigenvalue weighted by atomic mass is 9.98. The molecule has 10 heteroatoms. The molecule has 0 radical (unpaired) electrons. The number of aliphatic hydroxyl groups excluding tert-OH is 1. The number of nitrogens with two attached hydrogens (primary N) is 1. The standard InChI is InChI=1S/C15H10F5N3O.C6H12O/c16-11-5-4-8(6-12(11)17)13(24)23-14(21)22-10-3-1-2-9(7-10)15(18,19)20;7-6-4-2-1-3-5-6/h1-7H,(H3,21,22,23,24);6-7H,1-5H2. The fraction of sp³-hybridized carbons (Fsp3) is 0.333. The molecule has 1 fully saturated rings. The van der Waals surface area contributed by atoms with Gasteiger partial charge in [0.15, 0.2) is 11.6 Å². The smallest absolute Gasteiger partial charge is 0.393 e. The minimum atomic E-state index is -4.55. The zero-order valence-corrected chi connectivity index (χ0v) is 16.4. The molecule has 5 nitrogen and oxygen atoms in total. The number of hydrogen-bond acceptors (Lipinski definition) is 3. The predicted molar refractivity (Wildman–Crippen MR) is 106 cm³/mol. The van der Waals surface area contributed by atoms with E-state index < -0.39 is 35.2 Å². The van der Waals surface area contributed by atoms with Gasteiger partial charge in [0.05, 0.1) is 17.4 Å². The molecule has 1 amide bonds. The van der Waals surface area contributed by atoms with Crippen molar-refractivity contribution in [3.63, 3.8) is 0 Å². The SMILES string of the molecule is NC(=Nc1cccc(C(F)(F)F)c1)NC(=O)c1ccc(F)c(F)c1.OC1CCCCC1. The predicted octanol–water partition coefficient (Wildman–Crippen LogP) is 4.67. The molecular formula is C21H22F5N3O2. The maximum absolute atomic E-state index is 13.1. The number of halogens is 5. The molecule has 0 aromatic heterocycles. The highest BCUT2D eigenvalue weighted by atomic mass is 19.4. The summed E-state index contributed by atoms with van der Waals surface area (Å²) in [5.41, 5.74) is 4.16.